The summed E-state index contributed by atoms with van der Waals surface area (Å²) < 4.78 is 0.945. The molecule has 0 aromatic heterocycles. The zero-order valence-corrected chi connectivity index (χ0v) is 11.1. The second-order valence-electron chi connectivity index (χ2n) is 4.22. The van der Waals surface area contributed by atoms with Crippen LogP contribution in [0.4, 0.5) is 11.4 Å². The van der Waals surface area contributed by atoms with E-state index in [4.69, 9.17) is 5.73 Å². The average molecular weight is 283 g/mol. The Bertz CT molecular complexity index is 457. The van der Waals surface area contributed by atoms with Crippen molar-refractivity contribution in [3.63, 3.8) is 0 Å². The molecule has 1 aliphatic heterocycles. The maximum absolute atomic E-state index is 11.7. The highest BCUT2D eigenvalue weighted by Crippen LogP contribution is 2.38. The van der Waals surface area contributed by atoms with Gasteiger partial charge < -0.3 is 10.6 Å². The van der Waals surface area contributed by atoms with E-state index in [9.17, 15) is 4.79 Å². The number of carbonyl (C=O) groups excluding carboxylic acids is 1. The van der Waals surface area contributed by atoms with Gasteiger partial charge in [-0.25, -0.2) is 0 Å². The summed E-state index contributed by atoms with van der Waals surface area (Å²) in [6.45, 7) is 4.82. The predicted octanol–water partition coefficient (Wildman–Crippen LogP) is 2.77. The Labute approximate surface area is 104 Å². The molecule has 0 unspecified atom stereocenters. The van der Waals surface area contributed by atoms with Crippen LogP contribution >= 0.6 is 15.9 Å². The van der Waals surface area contributed by atoms with Crippen molar-refractivity contribution in [1.29, 1.82) is 0 Å². The van der Waals surface area contributed by atoms with Crippen LogP contribution in [-0.4, -0.2) is 12.5 Å². The number of hydrogen-bond acceptors (Lipinski definition) is 2. The molecule has 4 heteroatoms. The van der Waals surface area contributed by atoms with Crippen molar-refractivity contribution in [2.45, 2.75) is 26.7 Å². The molecule has 0 bridgehead atoms. The molecule has 1 fully saturated rings. The number of rotatable bonds is 1. The SMILES string of the molecule is Cc1cc(N)c(N2CCCC2=O)c(Br)c1C. The molecule has 0 atom stereocenters. The number of benzene rings is 1. The van der Waals surface area contributed by atoms with E-state index in [0.29, 0.717) is 12.1 Å². The maximum Gasteiger partial charge on any atom is 0.227 e. The highest BCUT2D eigenvalue weighted by Gasteiger charge is 2.26. The van der Waals surface area contributed by atoms with Gasteiger partial charge in [-0.3, -0.25) is 4.79 Å². The first-order valence-electron chi connectivity index (χ1n) is 5.38. The van der Waals surface area contributed by atoms with Crippen molar-refractivity contribution in [3.8, 4) is 0 Å². The van der Waals surface area contributed by atoms with E-state index in [1.54, 1.807) is 4.90 Å². The zero-order chi connectivity index (χ0) is 11.9. The molecule has 0 saturated carbocycles. The van der Waals surface area contributed by atoms with Crippen LogP contribution < -0.4 is 10.6 Å². The molecule has 2 rings (SSSR count). The van der Waals surface area contributed by atoms with Gasteiger partial charge in [0, 0.05) is 17.4 Å². The average Bonchev–Trinajstić information content (AvgIpc) is 2.62. The first-order valence-corrected chi connectivity index (χ1v) is 6.17. The first kappa shape index (κ1) is 11.5. The predicted molar refractivity (Wildman–Crippen MR) is 69.6 cm³/mol. The summed E-state index contributed by atoms with van der Waals surface area (Å²) in [5.74, 6) is 0.163. The van der Waals surface area contributed by atoms with E-state index in [1.807, 2.05) is 19.9 Å². The molecule has 3 nitrogen and oxygen atoms in total. The fourth-order valence-corrected chi connectivity index (χ4v) is 2.80. The summed E-state index contributed by atoms with van der Waals surface area (Å²) >= 11 is 3.55. The number of nitrogens with zero attached hydrogens (tertiary/aromatic N) is 1. The largest absolute Gasteiger partial charge is 0.397 e. The van der Waals surface area contributed by atoms with E-state index >= 15 is 0 Å². The number of anilines is 2. The van der Waals surface area contributed by atoms with Gasteiger partial charge in [0.05, 0.1) is 11.4 Å². The summed E-state index contributed by atoms with van der Waals surface area (Å²) in [4.78, 5) is 13.5. The number of halogens is 1. The van der Waals surface area contributed by atoms with Crippen LogP contribution in [0.1, 0.15) is 24.0 Å². The number of nitrogens with two attached hydrogens (primary N) is 1. The lowest BCUT2D eigenvalue weighted by Gasteiger charge is -2.21. The Morgan fingerprint density at radius 2 is 2.12 bits per heavy atom. The number of carbonyl (C=O) groups is 1. The van der Waals surface area contributed by atoms with Crippen LogP contribution in [0.25, 0.3) is 0 Å². The molecule has 86 valence electrons. The minimum Gasteiger partial charge on any atom is -0.397 e. The van der Waals surface area contributed by atoms with Crippen LogP contribution in [0.5, 0.6) is 0 Å². The first-order chi connectivity index (χ1) is 7.52. The molecule has 16 heavy (non-hydrogen) atoms. The molecule has 0 radical (unpaired) electrons. The molecule has 1 aromatic rings. The topological polar surface area (TPSA) is 46.3 Å². The summed E-state index contributed by atoms with van der Waals surface area (Å²) in [6, 6.07) is 1.93. The molecule has 1 heterocycles. The summed E-state index contributed by atoms with van der Waals surface area (Å²) in [5, 5.41) is 0. The van der Waals surface area contributed by atoms with Crippen LogP contribution in [0.15, 0.2) is 10.5 Å². The van der Waals surface area contributed by atoms with Gasteiger partial charge in [0.25, 0.3) is 0 Å². The Morgan fingerprint density at radius 1 is 1.44 bits per heavy atom. The number of amides is 1. The monoisotopic (exact) mass is 282 g/mol. The van der Waals surface area contributed by atoms with Gasteiger partial charge in [0.15, 0.2) is 0 Å². The number of aryl methyl sites for hydroxylation is 1. The highest BCUT2D eigenvalue weighted by molar-refractivity contribution is 9.10. The van der Waals surface area contributed by atoms with Crippen LogP contribution in [0.2, 0.25) is 0 Å². The van der Waals surface area contributed by atoms with Crippen molar-refractivity contribution in [1.82, 2.24) is 0 Å². The Morgan fingerprint density at radius 3 is 2.69 bits per heavy atom. The second kappa shape index (κ2) is 4.09. The normalized spacial score (nSPS) is 15.9. The van der Waals surface area contributed by atoms with Crippen LogP contribution in [0.3, 0.4) is 0 Å². The smallest absolute Gasteiger partial charge is 0.227 e. The van der Waals surface area contributed by atoms with E-state index in [-0.39, 0.29) is 5.91 Å². The summed E-state index contributed by atoms with van der Waals surface area (Å²) in [7, 11) is 0. The highest BCUT2D eigenvalue weighted by atomic mass is 79.9. The van der Waals surface area contributed by atoms with Crippen molar-refractivity contribution < 1.29 is 4.79 Å². The lowest BCUT2D eigenvalue weighted by Crippen LogP contribution is -2.25. The van der Waals surface area contributed by atoms with Crippen LogP contribution in [0, 0.1) is 13.8 Å². The fraction of sp³-hybridized carbons (Fsp3) is 0.417. The quantitative estimate of drug-likeness (QED) is 0.805. The second-order valence-corrected chi connectivity index (χ2v) is 5.01. The van der Waals surface area contributed by atoms with Gasteiger partial charge in [-0.2, -0.15) is 0 Å². The molecule has 1 aromatic carbocycles. The fourth-order valence-electron chi connectivity index (χ4n) is 2.05. The molecule has 0 aliphatic carbocycles. The van der Waals surface area contributed by atoms with Gasteiger partial charge in [-0.1, -0.05) is 0 Å². The van der Waals surface area contributed by atoms with Crippen molar-refractivity contribution in [2.75, 3.05) is 17.2 Å². The maximum atomic E-state index is 11.7. The van der Waals surface area contributed by atoms with E-state index in [1.165, 1.54) is 0 Å². The van der Waals surface area contributed by atoms with Crippen molar-refractivity contribution in [2.24, 2.45) is 0 Å². The van der Waals surface area contributed by atoms with Gasteiger partial charge in [0.1, 0.15) is 0 Å². The number of hydrogen-bond donors (Lipinski definition) is 1. The third-order valence-electron chi connectivity index (χ3n) is 3.12. The molecular formula is C12H15BrN2O. The third-order valence-corrected chi connectivity index (χ3v) is 4.09. The van der Waals surface area contributed by atoms with E-state index < -0.39 is 0 Å². The Balaban J connectivity index is 2.56. The standard InChI is InChI=1S/C12H15BrN2O/c1-7-6-9(14)12(11(13)8(7)2)15-5-3-4-10(15)16/h6H,3-5,14H2,1-2H3. The molecular weight excluding hydrogens is 268 g/mol. The molecule has 2 N–H and O–H groups in total. The van der Waals surface area contributed by atoms with Crippen molar-refractivity contribution >= 4 is 33.2 Å². The third kappa shape index (κ3) is 1.71. The van der Waals surface area contributed by atoms with Gasteiger partial charge >= 0.3 is 0 Å². The van der Waals surface area contributed by atoms with Crippen molar-refractivity contribution in [3.05, 3.63) is 21.7 Å². The molecule has 1 amide bonds. The van der Waals surface area contributed by atoms with Gasteiger partial charge in [-0.05, 0) is 53.4 Å². The lowest BCUT2D eigenvalue weighted by molar-refractivity contribution is -0.117. The molecule has 1 aliphatic rings. The van der Waals surface area contributed by atoms with Gasteiger partial charge in [0.2, 0.25) is 5.91 Å². The Hall–Kier alpha value is -1.03. The minimum absolute atomic E-state index is 0.163. The van der Waals surface area contributed by atoms with E-state index in [0.717, 1.165) is 34.3 Å². The number of nitrogen functional groups attached to an aromatic ring is 1. The van der Waals surface area contributed by atoms with Crippen LogP contribution in [-0.2, 0) is 4.79 Å². The van der Waals surface area contributed by atoms with E-state index in [2.05, 4.69) is 15.9 Å². The minimum atomic E-state index is 0.163. The summed E-state index contributed by atoms with van der Waals surface area (Å²) in [6.07, 6.45) is 1.54. The molecule has 0 spiro atoms. The lowest BCUT2D eigenvalue weighted by atomic mass is 10.1. The zero-order valence-electron chi connectivity index (χ0n) is 9.51. The Kier molecular flexibility index (Phi) is 2.93. The van der Waals surface area contributed by atoms with Gasteiger partial charge in [-0.15, -0.1) is 0 Å². The summed E-state index contributed by atoms with van der Waals surface area (Å²) in [5.41, 5.74) is 9.80. The molecule has 1 saturated heterocycles.